The molecule has 2 N–H and O–H groups in total. The lowest BCUT2D eigenvalue weighted by Crippen LogP contribution is -2.36. The van der Waals surface area contributed by atoms with E-state index < -0.39 is 0 Å². The lowest BCUT2D eigenvalue weighted by molar-refractivity contribution is 0.454. The number of nitrogens with zero attached hydrogens (tertiary/aromatic N) is 2. The van der Waals surface area contributed by atoms with Gasteiger partial charge in [-0.3, -0.25) is 0 Å². The quantitative estimate of drug-likeness (QED) is 0.419. The number of halogens is 3. The van der Waals surface area contributed by atoms with Gasteiger partial charge in [0.15, 0.2) is 0 Å². The minimum atomic E-state index is 0. The third kappa shape index (κ3) is 4.66. The van der Waals surface area contributed by atoms with Gasteiger partial charge in [-0.2, -0.15) is 0 Å². The van der Waals surface area contributed by atoms with Gasteiger partial charge in [0.2, 0.25) is 5.95 Å². The zero-order chi connectivity index (χ0) is 20.8. The van der Waals surface area contributed by atoms with Crippen LogP contribution in [-0.4, -0.2) is 15.5 Å². The van der Waals surface area contributed by atoms with E-state index >= 15 is 0 Å². The minimum Gasteiger partial charge on any atom is -0.380 e. The summed E-state index contributed by atoms with van der Waals surface area (Å²) in [5.41, 5.74) is 6.64. The molecule has 0 radical (unpaired) electrons. The highest BCUT2D eigenvalue weighted by molar-refractivity contribution is 6.42. The number of hydrogen-bond donors (Lipinski definition) is 2. The molecule has 1 aliphatic rings. The van der Waals surface area contributed by atoms with Crippen LogP contribution in [0.5, 0.6) is 0 Å². The van der Waals surface area contributed by atoms with Crippen LogP contribution >= 0.6 is 35.6 Å². The number of anilines is 3. The first-order valence-electron chi connectivity index (χ1n) is 9.70. The highest BCUT2D eigenvalue weighted by Gasteiger charge is 2.29. The van der Waals surface area contributed by atoms with Crippen LogP contribution in [0.2, 0.25) is 10.0 Å². The summed E-state index contributed by atoms with van der Waals surface area (Å²) in [6, 6.07) is 11.8. The molecule has 0 spiro atoms. The van der Waals surface area contributed by atoms with E-state index in [1.165, 1.54) is 16.8 Å². The van der Waals surface area contributed by atoms with Crippen molar-refractivity contribution in [2.75, 3.05) is 10.6 Å². The van der Waals surface area contributed by atoms with Gasteiger partial charge >= 0.3 is 0 Å². The summed E-state index contributed by atoms with van der Waals surface area (Å²) in [6.07, 6.45) is 2.86. The van der Waals surface area contributed by atoms with Gasteiger partial charge in [0, 0.05) is 28.7 Å². The highest BCUT2D eigenvalue weighted by atomic mass is 35.5. The SMILES string of the molecule is Cc1cc2c(cc1-c1ccnc(Nc3ccc(Cl)c(Cl)c3)n1)C(C)CC(C)(C)N2.Cl. The van der Waals surface area contributed by atoms with Gasteiger partial charge in [0.25, 0.3) is 0 Å². The molecule has 1 aliphatic heterocycles. The van der Waals surface area contributed by atoms with E-state index in [1.54, 1.807) is 18.3 Å². The molecule has 4 rings (SSSR count). The summed E-state index contributed by atoms with van der Waals surface area (Å²) in [6.45, 7) is 8.91. The van der Waals surface area contributed by atoms with Crippen molar-refractivity contribution in [1.82, 2.24) is 9.97 Å². The maximum Gasteiger partial charge on any atom is 0.227 e. The number of rotatable bonds is 3. The van der Waals surface area contributed by atoms with E-state index in [1.807, 2.05) is 12.1 Å². The van der Waals surface area contributed by atoms with Crippen LogP contribution in [0.3, 0.4) is 0 Å². The smallest absolute Gasteiger partial charge is 0.227 e. The summed E-state index contributed by atoms with van der Waals surface area (Å²) in [5.74, 6) is 1.00. The highest BCUT2D eigenvalue weighted by Crippen LogP contribution is 2.41. The Kier molecular flexibility index (Phi) is 6.51. The molecule has 0 bridgehead atoms. The van der Waals surface area contributed by atoms with E-state index in [2.05, 4.69) is 55.4 Å². The second-order valence-corrected chi connectivity index (χ2v) is 9.20. The number of aromatic nitrogens is 2. The van der Waals surface area contributed by atoms with Gasteiger partial charge < -0.3 is 10.6 Å². The Morgan fingerprint density at radius 1 is 1.10 bits per heavy atom. The summed E-state index contributed by atoms with van der Waals surface area (Å²) in [7, 11) is 0. The maximum absolute atomic E-state index is 6.11. The second kappa shape index (κ2) is 8.62. The second-order valence-electron chi connectivity index (χ2n) is 8.39. The molecule has 158 valence electrons. The number of hydrogen-bond acceptors (Lipinski definition) is 4. The first kappa shape index (κ1) is 22.7. The molecule has 7 heteroatoms. The van der Waals surface area contributed by atoms with Gasteiger partial charge in [-0.05, 0) is 80.6 Å². The Labute approximate surface area is 193 Å². The molecule has 0 amide bonds. The zero-order valence-electron chi connectivity index (χ0n) is 17.4. The molecule has 4 nitrogen and oxygen atoms in total. The molecular formula is C23H25Cl3N4. The van der Waals surface area contributed by atoms with Gasteiger partial charge in [-0.15, -0.1) is 12.4 Å². The number of fused-ring (bicyclic) bond motifs is 1. The van der Waals surface area contributed by atoms with E-state index in [4.69, 9.17) is 28.2 Å². The van der Waals surface area contributed by atoms with Crippen LogP contribution in [0, 0.1) is 6.92 Å². The predicted molar refractivity (Wildman–Crippen MR) is 130 cm³/mol. The first-order valence-corrected chi connectivity index (χ1v) is 10.5. The Morgan fingerprint density at radius 2 is 1.87 bits per heavy atom. The average Bonchev–Trinajstić information content (AvgIpc) is 2.63. The molecular weight excluding hydrogens is 439 g/mol. The predicted octanol–water partition coefficient (Wildman–Crippen LogP) is 7.62. The molecule has 0 saturated heterocycles. The number of benzene rings is 2. The normalized spacial score (nSPS) is 16.8. The van der Waals surface area contributed by atoms with E-state index in [-0.39, 0.29) is 17.9 Å². The monoisotopic (exact) mass is 462 g/mol. The van der Waals surface area contributed by atoms with Crippen molar-refractivity contribution in [3.05, 3.63) is 63.8 Å². The Bertz CT molecular complexity index is 1080. The van der Waals surface area contributed by atoms with Crippen molar-refractivity contribution in [3.63, 3.8) is 0 Å². The van der Waals surface area contributed by atoms with Crippen LogP contribution in [-0.2, 0) is 0 Å². The van der Waals surface area contributed by atoms with Crippen LogP contribution in [0.1, 0.15) is 44.2 Å². The van der Waals surface area contributed by atoms with Crippen molar-refractivity contribution in [3.8, 4) is 11.3 Å². The number of aryl methyl sites for hydroxylation is 1. The summed E-state index contributed by atoms with van der Waals surface area (Å²) in [4.78, 5) is 9.09. The molecule has 2 heterocycles. The molecule has 0 saturated carbocycles. The van der Waals surface area contributed by atoms with Crippen molar-refractivity contribution in [2.45, 2.75) is 45.6 Å². The average molecular weight is 464 g/mol. The summed E-state index contributed by atoms with van der Waals surface area (Å²) in [5, 5.41) is 7.88. The third-order valence-corrected chi connectivity index (χ3v) is 6.06. The first-order chi connectivity index (χ1) is 13.7. The molecule has 2 aromatic carbocycles. The summed E-state index contributed by atoms with van der Waals surface area (Å²) >= 11 is 12.1. The molecule has 3 aromatic rings. The number of nitrogens with one attached hydrogen (secondary N) is 2. The molecule has 1 aromatic heterocycles. The minimum absolute atomic E-state index is 0. The van der Waals surface area contributed by atoms with E-state index in [9.17, 15) is 0 Å². The van der Waals surface area contributed by atoms with Crippen LogP contribution in [0.15, 0.2) is 42.6 Å². The van der Waals surface area contributed by atoms with Crippen LogP contribution in [0.25, 0.3) is 11.3 Å². The fraction of sp³-hybridized carbons (Fsp3) is 0.304. The van der Waals surface area contributed by atoms with Crippen LogP contribution < -0.4 is 10.6 Å². The molecule has 30 heavy (non-hydrogen) atoms. The standard InChI is InChI=1S/C23H24Cl2N4.ClH/c1-13-9-21-17(14(2)12-23(3,4)29-21)11-16(13)20-7-8-26-22(28-20)27-15-5-6-18(24)19(25)10-15;/h5-11,14,29H,12H2,1-4H3,(H,26,27,28);1H. The fourth-order valence-corrected chi connectivity index (χ4v) is 4.38. The van der Waals surface area contributed by atoms with Gasteiger partial charge in [0.05, 0.1) is 15.7 Å². The van der Waals surface area contributed by atoms with Crippen LogP contribution in [0.4, 0.5) is 17.3 Å². The molecule has 1 atom stereocenters. The molecule has 1 unspecified atom stereocenters. The van der Waals surface area contributed by atoms with E-state index in [0.29, 0.717) is 21.9 Å². The van der Waals surface area contributed by atoms with Crippen molar-refractivity contribution in [2.24, 2.45) is 0 Å². The molecule has 0 aliphatic carbocycles. The van der Waals surface area contributed by atoms with Gasteiger partial charge in [-0.1, -0.05) is 30.1 Å². The maximum atomic E-state index is 6.11. The van der Waals surface area contributed by atoms with Gasteiger partial charge in [-0.25, -0.2) is 9.97 Å². The fourth-order valence-electron chi connectivity index (χ4n) is 4.08. The topological polar surface area (TPSA) is 49.8 Å². The third-order valence-electron chi connectivity index (χ3n) is 5.32. The lowest BCUT2D eigenvalue weighted by atomic mass is 9.80. The Morgan fingerprint density at radius 3 is 2.60 bits per heavy atom. The van der Waals surface area contributed by atoms with Crippen molar-refractivity contribution >= 4 is 52.9 Å². The zero-order valence-corrected chi connectivity index (χ0v) is 19.7. The van der Waals surface area contributed by atoms with Crippen molar-refractivity contribution in [1.29, 1.82) is 0 Å². The van der Waals surface area contributed by atoms with Crippen molar-refractivity contribution < 1.29 is 0 Å². The lowest BCUT2D eigenvalue weighted by Gasteiger charge is -2.38. The van der Waals surface area contributed by atoms with E-state index in [0.717, 1.165) is 23.4 Å². The summed E-state index contributed by atoms with van der Waals surface area (Å²) < 4.78 is 0. The molecule has 0 fully saturated rings. The largest absolute Gasteiger partial charge is 0.380 e. The van der Waals surface area contributed by atoms with Gasteiger partial charge in [0.1, 0.15) is 0 Å². The Hall–Kier alpha value is -2.01. The Balaban J connectivity index is 0.00000256.